The molecule has 0 amide bonds. The molecule has 2 saturated carbocycles. The molecule has 0 aromatic carbocycles. The molecule has 1 saturated heterocycles. The molecule has 0 bridgehead atoms. The van der Waals surface area contributed by atoms with Gasteiger partial charge in [0.05, 0.1) is 17.8 Å². The Balaban J connectivity index is 1.85. The minimum atomic E-state index is -1.46. The summed E-state index contributed by atoms with van der Waals surface area (Å²) in [5.41, 5.74) is -0.898. The Kier molecular flexibility index (Phi) is 6.02. The summed E-state index contributed by atoms with van der Waals surface area (Å²) < 4.78 is 11.9. The van der Waals surface area contributed by atoms with E-state index in [4.69, 9.17) is 9.47 Å². The van der Waals surface area contributed by atoms with Gasteiger partial charge >= 0.3 is 0 Å². The maximum absolute atomic E-state index is 11.1. The fourth-order valence-corrected chi connectivity index (χ4v) is 5.58. The summed E-state index contributed by atoms with van der Waals surface area (Å²) in [7, 11) is 0. The smallest absolute Gasteiger partial charge is 0.187 e. The van der Waals surface area contributed by atoms with Crippen LogP contribution < -0.4 is 0 Å². The van der Waals surface area contributed by atoms with Crippen LogP contribution in [0.25, 0.3) is 0 Å². The summed E-state index contributed by atoms with van der Waals surface area (Å²) in [5.74, 6) is 0.0107. The summed E-state index contributed by atoms with van der Waals surface area (Å²) in [4.78, 5) is 0. The average Bonchev–Trinajstić information content (AvgIpc) is 2.64. The van der Waals surface area contributed by atoms with Crippen LogP contribution in [0.4, 0.5) is 0 Å². The van der Waals surface area contributed by atoms with Crippen molar-refractivity contribution in [3.8, 4) is 0 Å². The Labute approximate surface area is 167 Å². The molecule has 28 heavy (non-hydrogen) atoms. The monoisotopic (exact) mass is 400 g/mol. The van der Waals surface area contributed by atoms with Gasteiger partial charge in [0.2, 0.25) is 0 Å². The van der Waals surface area contributed by atoms with Crippen molar-refractivity contribution in [2.45, 2.75) is 101 Å². The molecule has 0 aromatic rings. The van der Waals surface area contributed by atoms with Crippen LogP contribution in [0.1, 0.15) is 59.3 Å². The van der Waals surface area contributed by atoms with Crippen molar-refractivity contribution in [1.29, 1.82) is 0 Å². The van der Waals surface area contributed by atoms with Crippen molar-refractivity contribution >= 4 is 0 Å². The van der Waals surface area contributed by atoms with Crippen molar-refractivity contribution < 1.29 is 35.0 Å². The van der Waals surface area contributed by atoms with Crippen LogP contribution in [-0.2, 0) is 9.47 Å². The topological polar surface area (TPSA) is 120 Å². The second-order valence-electron chi connectivity index (χ2n) is 9.70. The first-order valence-electron chi connectivity index (χ1n) is 10.3. The molecule has 2 aliphatic carbocycles. The third-order valence-corrected chi connectivity index (χ3v) is 7.68. The van der Waals surface area contributed by atoms with Crippen molar-refractivity contribution in [2.24, 2.45) is 11.3 Å². The molecular formula is C21H36O7. The van der Waals surface area contributed by atoms with Gasteiger partial charge in [-0.25, -0.2) is 0 Å². The lowest BCUT2D eigenvalue weighted by molar-refractivity contribution is -0.342. The molecule has 7 nitrogen and oxygen atoms in total. The Bertz CT molecular complexity index is 595. The first-order chi connectivity index (χ1) is 13.0. The van der Waals surface area contributed by atoms with Gasteiger partial charge in [0, 0.05) is 0 Å². The summed E-state index contributed by atoms with van der Waals surface area (Å²) in [6.07, 6.45) is -1.69. The van der Waals surface area contributed by atoms with Crippen LogP contribution in [0.15, 0.2) is 12.2 Å². The molecule has 0 radical (unpaired) electrons. The fourth-order valence-electron chi connectivity index (χ4n) is 5.58. The molecule has 1 aliphatic heterocycles. The van der Waals surface area contributed by atoms with E-state index in [2.05, 4.69) is 13.5 Å². The predicted molar refractivity (Wildman–Crippen MR) is 102 cm³/mol. The summed E-state index contributed by atoms with van der Waals surface area (Å²) in [6, 6.07) is 0. The Morgan fingerprint density at radius 2 is 1.75 bits per heavy atom. The first kappa shape index (κ1) is 22.2. The molecule has 0 spiro atoms. The van der Waals surface area contributed by atoms with E-state index in [9.17, 15) is 25.5 Å². The van der Waals surface area contributed by atoms with E-state index >= 15 is 0 Å². The summed E-state index contributed by atoms with van der Waals surface area (Å²) in [6.45, 7) is 9.54. The van der Waals surface area contributed by atoms with E-state index in [0.29, 0.717) is 12.8 Å². The third-order valence-electron chi connectivity index (χ3n) is 7.68. The zero-order valence-corrected chi connectivity index (χ0v) is 17.2. The van der Waals surface area contributed by atoms with Crippen LogP contribution in [-0.4, -0.2) is 74.0 Å². The summed E-state index contributed by atoms with van der Waals surface area (Å²) in [5, 5.41) is 51.1. The van der Waals surface area contributed by atoms with E-state index < -0.39 is 48.5 Å². The lowest BCUT2D eigenvalue weighted by Crippen LogP contribution is -2.63. The van der Waals surface area contributed by atoms with Gasteiger partial charge in [-0.3, -0.25) is 0 Å². The van der Waals surface area contributed by atoms with Crippen molar-refractivity contribution in [1.82, 2.24) is 0 Å². The van der Waals surface area contributed by atoms with Crippen molar-refractivity contribution in [3.05, 3.63) is 12.2 Å². The quantitative estimate of drug-likeness (QED) is 0.444. The minimum Gasteiger partial charge on any atom is -0.394 e. The van der Waals surface area contributed by atoms with E-state index in [1.807, 2.05) is 13.8 Å². The van der Waals surface area contributed by atoms with Crippen LogP contribution >= 0.6 is 0 Å². The van der Waals surface area contributed by atoms with E-state index in [-0.39, 0.29) is 11.3 Å². The highest BCUT2D eigenvalue weighted by Crippen LogP contribution is 2.58. The largest absolute Gasteiger partial charge is 0.394 e. The molecule has 1 heterocycles. The maximum Gasteiger partial charge on any atom is 0.187 e. The molecule has 9 atom stereocenters. The first-order valence-corrected chi connectivity index (χ1v) is 10.3. The fraction of sp³-hybridized carbons (Fsp3) is 0.905. The molecule has 0 aromatic heterocycles. The lowest BCUT2D eigenvalue weighted by atomic mass is 9.52. The lowest BCUT2D eigenvalue weighted by Gasteiger charge is -2.58. The number of aliphatic hydroxyl groups is 5. The van der Waals surface area contributed by atoms with Crippen LogP contribution in [0.3, 0.4) is 0 Å². The highest BCUT2D eigenvalue weighted by Gasteiger charge is 2.57. The highest BCUT2D eigenvalue weighted by atomic mass is 16.7. The number of ether oxygens (including phenoxy) is 2. The number of aliphatic hydroxyl groups excluding tert-OH is 4. The molecule has 3 fully saturated rings. The maximum atomic E-state index is 11.1. The van der Waals surface area contributed by atoms with Gasteiger partial charge in [-0.1, -0.05) is 19.9 Å². The number of rotatable bonds is 4. The predicted octanol–water partition coefficient (Wildman–Crippen LogP) is 0.859. The third kappa shape index (κ3) is 3.67. The Morgan fingerprint density at radius 1 is 1.07 bits per heavy atom. The molecular weight excluding hydrogens is 364 g/mol. The number of hydrogen-bond donors (Lipinski definition) is 5. The summed E-state index contributed by atoms with van der Waals surface area (Å²) >= 11 is 0. The molecule has 3 rings (SSSR count). The molecule has 5 N–H and O–H groups in total. The molecule has 0 unspecified atom stereocenters. The highest BCUT2D eigenvalue weighted by molar-refractivity contribution is 5.16. The minimum absolute atomic E-state index is 0.0107. The SMILES string of the molecule is C=C(C)[C@]1(O)CC[C@]2(C)CCC[C@](C)(O[C@@H]3O[C@H](CO)[C@@H](O)[C@H](O)[C@H]3O)[C@H]2C1. The van der Waals surface area contributed by atoms with Gasteiger partial charge in [0.25, 0.3) is 0 Å². The van der Waals surface area contributed by atoms with E-state index in [0.717, 1.165) is 31.3 Å². The molecule has 162 valence electrons. The van der Waals surface area contributed by atoms with Gasteiger partial charge < -0.3 is 35.0 Å². The normalized spacial score (nSPS) is 52.1. The zero-order chi connectivity index (χ0) is 20.9. The van der Waals surface area contributed by atoms with Crippen molar-refractivity contribution in [2.75, 3.05) is 6.61 Å². The van der Waals surface area contributed by atoms with Crippen LogP contribution in [0.5, 0.6) is 0 Å². The second kappa shape index (κ2) is 7.61. The van der Waals surface area contributed by atoms with Gasteiger partial charge in [0.1, 0.15) is 24.4 Å². The van der Waals surface area contributed by atoms with Crippen LogP contribution in [0.2, 0.25) is 0 Å². The number of fused-ring (bicyclic) bond motifs is 1. The molecule has 3 aliphatic rings. The van der Waals surface area contributed by atoms with Gasteiger partial charge in [-0.15, -0.1) is 0 Å². The average molecular weight is 401 g/mol. The van der Waals surface area contributed by atoms with E-state index in [1.165, 1.54) is 0 Å². The van der Waals surface area contributed by atoms with Gasteiger partial charge in [-0.05, 0) is 62.9 Å². The number of hydrogen-bond acceptors (Lipinski definition) is 7. The van der Waals surface area contributed by atoms with Gasteiger partial charge in [0.15, 0.2) is 6.29 Å². The Hall–Kier alpha value is -0.540. The molecule has 7 heteroatoms. The second-order valence-corrected chi connectivity index (χ2v) is 9.70. The van der Waals surface area contributed by atoms with Gasteiger partial charge in [-0.2, -0.15) is 0 Å². The zero-order valence-electron chi connectivity index (χ0n) is 17.2. The van der Waals surface area contributed by atoms with Crippen molar-refractivity contribution in [3.63, 3.8) is 0 Å². The standard InChI is InChI=1S/C21H36O7/c1-12(2)21(26)9-8-19(3)6-5-7-20(4,14(19)10-21)28-18-17(25)16(24)15(23)13(11-22)27-18/h13-18,22-26H,1,5-11H2,2-4H3/t13-,14+,15-,16+,17-,18+,19+,20+,21+/m1/s1. The Morgan fingerprint density at radius 3 is 2.36 bits per heavy atom. The van der Waals surface area contributed by atoms with Crippen LogP contribution in [0, 0.1) is 11.3 Å². The van der Waals surface area contributed by atoms with E-state index in [1.54, 1.807) is 0 Å².